The van der Waals surface area contributed by atoms with E-state index in [0.717, 1.165) is 42.6 Å². The summed E-state index contributed by atoms with van der Waals surface area (Å²) in [5.74, 6) is 3.38. The number of carboxylic acids is 2. The van der Waals surface area contributed by atoms with E-state index in [0.29, 0.717) is 119 Å². The molecule has 0 spiro atoms. The second kappa shape index (κ2) is 36.1. The minimum absolute atomic E-state index is 0.0472. The maximum Gasteiger partial charge on any atom is 0.310 e. The van der Waals surface area contributed by atoms with Crippen molar-refractivity contribution < 1.29 is 85.4 Å². The van der Waals surface area contributed by atoms with Gasteiger partial charge in [-0.2, -0.15) is 4.83 Å². The topological polar surface area (TPSA) is 363 Å². The lowest BCUT2D eigenvalue weighted by Crippen LogP contribution is -2.48. The number of carboxylic acid groups (broad SMARTS) is 2. The molecule has 122 heavy (non-hydrogen) atoms. The van der Waals surface area contributed by atoms with Crippen LogP contribution in [-0.2, 0) is 57.9 Å². The molecule has 6 heterocycles. The molecule has 7 aromatic rings. The van der Waals surface area contributed by atoms with Gasteiger partial charge in [-0.15, -0.1) is 29.3 Å². The standard InChI is InChI=1S/C42H52ClN3O8S.C42H50ClN3O8S.C7H10N2O2S/c2*1-8-24-17-42(24,40(50)51)18-32(47)31-14-26(19-46(31)39(49)28(41(4,5)6)15-35(48)54-25-12-22-11-23(22)13-25)53-34-16-29(38-45-30(20-55-38)21(2)3)44-37-27(34)9-10-33(52-7)36(37)43;1-6-2-4-7(5-3-6)12(10,11)9-8/h9-10,16,20-26,28,31H,8,11-15,17-19H2,1-7H3,(H,50,51);8-10,16,20-26,28,31H,1,11-15,17-19H2,2-7H3,(H,50,51);2-5,9H,8H2,1H3/t2*22-,23+,24-,25?,26-,28?,31+,42-;/m11./s1. The summed E-state index contributed by atoms with van der Waals surface area (Å²) in [4.78, 5) is 134. The molecule has 6 saturated carbocycles. The molecule has 8 fully saturated rings. The van der Waals surface area contributed by atoms with Crippen molar-refractivity contribution in [3.05, 3.63) is 111 Å². The lowest BCUT2D eigenvalue weighted by molar-refractivity contribution is -0.157. The van der Waals surface area contributed by atoms with Crippen molar-refractivity contribution in [3.8, 4) is 44.4 Å². The molecule has 3 aromatic carbocycles. The number of hydrazine groups is 1. The Morgan fingerprint density at radius 1 is 0.598 bits per heavy atom. The molecule has 2 amide bonds. The number of methoxy groups -OCH3 is 2. The number of allylic oxidation sites excluding steroid dienone is 1. The summed E-state index contributed by atoms with van der Waals surface area (Å²) < 4.78 is 58.4. The van der Waals surface area contributed by atoms with Crippen molar-refractivity contribution in [2.45, 2.75) is 233 Å². The van der Waals surface area contributed by atoms with Crippen LogP contribution in [-0.4, -0.2) is 159 Å². The number of hydrogen-bond acceptors (Lipinski definition) is 23. The van der Waals surface area contributed by atoms with E-state index >= 15 is 0 Å². The zero-order valence-corrected chi connectivity index (χ0v) is 75.6. The third-order valence-electron chi connectivity index (χ3n) is 26.1. The van der Waals surface area contributed by atoms with E-state index in [4.69, 9.17) is 77.4 Å². The third kappa shape index (κ3) is 19.7. The first-order valence-corrected chi connectivity index (χ1v) is 46.1. The van der Waals surface area contributed by atoms with Crippen molar-refractivity contribution in [2.24, 2.45) is 74.8 Å². The molecular weight excluding hydrogens is 1660 g/mol. The predicted octanol–water partition coefficient (Wildman–Crippen LogP) is 16.6. The molecule has 2 aliphatic heterocycles. The van der Waals surface area contributed by atoms with Gasteiger partial charge in [0.05, 0.1) is 102 Å². The minimum atomic E-state index is -3.49. The lowest BCUT2D eigenvalue weighted by Gasteiger charge is -2.35. The van der Waals surface area contributed by atoms with Crippen LogP contribution in [0.1, 0.15) is 201 Å². The summed E-state index contributed by atoms with van der Waals surface area (Å²) in [6, 6.07) is 15.2. The van der Waals surface area contributed by atoms with Crippen molar-refractivity contribution in [2.75, 3.05) is 27.3 Å². The van der Waals surface area contributed by atoms with E-state index in [9.17, 15) is 57.0 Å². The van der Waals surface area contributed by atoms with Crippen LogP contribution in [0.5, 0.6) is 23.0 Å². The number of nitrogens with one attached hydrogen (secondary N) is 1. The molecule has 4 unspecified atom stereocenters. The van der Waals surface area contributed by atoms with Crippen LogP contribution in [0, 0.1) is 75.9 Å². The molecule has 0 bridgehead atoms. The molecule has 15 rings (SSSR count). The fraction of sp³-hybridized carbons (Fsp3) is 0.560. The molecule has 656 valence electrons. The Kier molecular flexibility index (Phi) is 26.9. The summed E-state index contributed by atoms with van der Waals surface area (Å²) in [7, 11) is -0.426. The van der Waals surface area contributed by atoms with Crippen molar-refractivity contribution in [1.29, 1.82) is 0 Å². The average Bonchev–Trinajstić information content (AvgIpc) is 1.58. The highest BCUT2D eigenvalue weighted by atomic mass is 35.5. The van der Waals surface area contributed by atoms with Crippen LogP contribution >= 0.6 is 45.9 Å². The van der Waals surface area contributed by atoms with Crippen LogP contribution in [0.4, 0.5) is 0 Å². The first kappa shape index (κ1) is 91.0. The van der Waals surface area contributed by atoms with Gasteiger partial charge in [-0.25, -0.2) is 28.4 Å². The Hall–Kier alpha value is -8.71. The number of aryl methyl sites for hydroxylation is 1. The van der Waals surface area contributed by atoms with Crippen LogP contribution in [0.15, 0.2) is 89.0 Å². The number of rotatable bonds is 30. The third-order valence-corrected chi connectivity index (χ3v) is 29.8. The molecule has 0 radical (unpaired) electrons. The monoisotopic (exact) mass is 1770 g/mol. The van der Waals surface area contributed by atoms with Crippen molar-refractivity contribution >= 4 is 125 Å². The van der Waals surface area contributed by atoms with E-state index in [1.807, 2.05) is 84.3 Å². The molecule has 6 aliphatic carbocycles. The number of Topliss-reactive ketones (excluding diaryl/α,β-unsaturated/α-hetero) is 2. The molecule has 2 saturated heterocycles. The summed E-state index contributed by atoms with van der Waals surface area (Å²) in [6.07, 6.45) is 6.95. The van der Waals surface area contributed by atoms with Crippen molar-refractivity contribution in [3.63, 3.8) is 0 Å². The summed E-state index contributed by atoms with van der Waals surface area (Å²) in [6.45, 7) is 27.4. The normalized spacial score (nSPS) is 25.9. The number of halogens is 2. The molecule has 8 aliphatic rings. The molecule has 26 nitrogen and oxygen atoms in total. The van der Waals surface area contributed by atoms with E-state index in [-0.39, 0.29) is 116 Å². The first-order chi connectivity index (χ1) is 57.6. The fourth-order valence-electron chi connectivity index (χ4n) is 18.2. The van der Waals surface area contributed by atoms with Gasteiger partial charge in [0, 0.05) is 59.3 Å². The van der Waals surface area contributed by atoms with Gasteiger partial charge in [-0.1, -0.05) is 130 Å². The number of sulfonamides is 1. The Morgan fingerprint density at radius 2 is 1.01 bits per heavy atom. The highest BCUT2D eigenvalue weighted by molar-refractivity contribution is 7.89. The number of nitrogens with two attached hydrogens (primary N) is 1. The number of thiazole rings is 2. The smallest absolute Gasteiger partial charge is 0.310 e. The maximum absolute atomic E-state index is 14.7. The van der Waals surface area contributed by atoms with Gasteiger partial charge in [0.2, 0.25) is 11.8 Å². The number of aromatic nitrogens is 4. The SMILES string of the molecule is C=C[C@@H]1C[C@]1(CC(=O)[C@@H]1C[C@@H](Oc2cc(-c3nc(C(C)C)cs3)nc3c(Cl)c(OC)ccc23)CN1C(=O)C(CC(=O)OC1C[C@@H]2C[C@@H]2C1)C(C)(C)C)C(=O)O.CC[C@@H]1C[C@]1(CC(=O)[C@@H]1C[C@@H](Oc2cc(-c3nc(C(C)C)cs3)nc3c(Cl)c(OC)ccc23)CN1C(=O)C(CC(=O)OC1C[C@@H]2C[C@@H]2C1)C(C)(C)C)C(=O)O.Cc1ccc(S(=O)(=O)NN)cc1. The fourth-order valence-corrected chi connectivity index (χ4v) is 21.3. The lowest BCUT2D eigenvalue weighted by atomic mass is 9.77. The number of pyridine rings is 2. The number of ketones is 2. The number of likely N-dealkylation sites (tertiary alicyclic amines) is 2. The number of ether oxygens (including phenoxy) is 6. The van der Waals surface area contributed by atoms with Crippen molar-refractivity contribution in [1.82, 2.24) is 34.6 Å². The number of carbonyl (C=O) groups excluding carboxylic acids is 6. The minimum Gasteiger partial charge on any atom is -0.495 e. The van der Waals surface area contributed by atoms with E-state index in [1.165, 1.54) is 71.7 Å². The molecule has 31 heteroatoms. The Bertz CT molecular complexity index is 5300. The van der Waals surface area contributed by atoms with Crippen LogP contribution in [0.2, 0.25) is 10.0 Å². The van der Waals surface area contributed by atoms with Gasteiger partial charge in [-0.3, -0.25) is 44.2 Å². The number of esters is 2. The van der Waals surface area contributed by atoms with E-state index in [2.05, 4.69) is 34.3 Å². The number of amides is 2. The Balaban J connectivity index is 0.000000185. The zero-order valence-electron chi connectivity index (χ0n) is 71.6. The molecule has 5 N–H and O–H groups in total. The summed E-state index contributed by atoms with van der Waals surface area (Å²) in [5, 5.41) is 27.6. The van der Waals surface area contributed by atoms with Gasteiger partial charge in [0.15, 0.2) is 11.6 Å². The zero-order chi connectivity index (χ0) is 88.3. The number of carbonyl (C=O) groups is 8. The molecule has 4 aromatic heterocycles. The summed E-state index contributed by atoms with van der Waals surface area (Å²) in [5.41, 5.74) is 1.21. The molecular formula is C91H112Cl2N8O18S3. The number of benzene rings is 3. The van der Waals surface area contributed by atoms with E-state index < -0.39 is 91.7 Å². The predicted molar refractivity (Wildman–Crippen MR) is 464 cm³/mol. The highest BCUT2D eigenvalue weighted by Crippen LogP contribution is 2.60. The van der Waals surface area contributed by atoms with Crippen LogP contribution in [0.25, 0.3) is 43.2 Å². The Labute approximate surface area is 730 Å². The van der Waals surface area contributed by atoms with Gasteiger partial charge in [0.1, 0.15) is 78.9 Å². The summed E-state index contributed by atoms with van der Waals surface area (Å²) >= 11 is 16.6. The highest BCUT2D eigenvalue weighted by Gasteiger charge is 2.63. The van der Waals surface area contributed by atoms with Gasteiger partial charge < -0.3 is 48.4 Å². The van der Waals surface area contributed by atoms with E-state index in [1.54, 1.807) is 41.2 Å². The second-order valence-corrected chi connectivity index (χ2v) is 41.5. The van der Waals surface area contributed by atoms with Crippen LogP contribution in [0.3, 0.4) is 0 Å². The Morgan fingerprint density at radius 3 is 1.34 bits per heavy atom. The maximum atomic E-state index is 14.7. The molecule has 16 atom stereocenters. The number of nitrogens with zero attached hydrogens (tertiary/aromatic N) is 6. The second-order valence-electron chi connectivity index (χ2n) is 37.3. The number of hydrogen-bond donors (Lipinski definition) is 4. The number of aliphatic carboxylic acids is 2. The largest absolute Gasteiger partial charge is 0.495 e. The quantitative estimate of drug-likeness (QED) is 0.0141. The van der Waals surface area contributed by atoms with Gasteiger partial charge >= 0.3 is 23.9 Å². The van der Waals surface area contributed by atoms with Gasteiger partial charge in [0.25, 0.3) is 10.0 Å². The van der Waals surface area contributed by atoms with Crippen LogP contribution < -0.4 is 29.6 Å². The number of fused-ring (bicyclic) bond motifs is 4. The average molecular weight is 1770 g/mol. The first-order valence-electron chi connectivity index (χ1n) is 42.1. The van der Waals surface area contributed by atoms with Gasteiger partial charge in [-0.05, 0) is 153 Å².